The van der Waals surface area contributed by atoms with Gasteiger partial charge < -0.3 is 8.98 Å². The van der Waals surface area contributed by atoms with Gasteiger partial charge in [-0.3, -0.25) is 0 Å². The van der Waals surface area contributed by atoms with Crippen molar-refractivity contribution in [1.29, 1.82) is 0 Å². The maximum absolute atomic E-state index is 6.77. The summed E-state index contributed by atoms with van der Waals surface area (Å²) in [6.07, 6.45) is 0. The van der Waals surface area contributed by atoms with Crippen LogP contribution < -0.4 is 0 Å². The highest BCUT2D eigenvalue weighted by molar-refractivity contribution is 7.27. The molecule has 10 aromatic rings. The van der Waals surface area contributed by atoms with Crippen LogP contribution in [-0.2, 0) is 0 Å². The van der Waals surface area contributed by atoms with Crippen LogP contribution in [0.25, 0.3) is 103 Å². The zero-order valence-electron chi connectivity index (χ0n) is 22.9. The Balaban J connectivity index is 1.44. The average Bonchev–Trinajstić information content (AvgIpc) is 3.80. The lowest BCUT2D eigenvalue weighted by Crippen LogP contribution is -1.96. The first-order chi connectivity index (χ1) is 21.4. The molecule has 0 saturated heterocycles. The SMILES string of the molecule is c1ccc2c(c1)-c1cccc3c(-n4c5ccccc5c5c6c7ccccc7sc6c6oc7ccccc7c6c54)ccc-2c13. The summed E-state index contributed by atoms with van der Waals surface area (Å²) in [4.78, 5) is 0. The average molecular weight is 564 g/mol. The quantitative estimate of drug-likeness (QED) is 0.194. The first kappa shape index (κ1) is 22.2. The van der Waals surface area contributed by atoms with E-state index in [4.69, 9.17) is 4.42 Å². The number of rotatable bonds is 1. The summed E-state index contributed by atoms with van der Waals surface area (Å²) in [7, 11) is 0. The lowest BCUT2D eigenvalue weighted by Gasteiger charge is -2.14. The van der Waals surface area contributed by atoms with Crippen molar-refractivity contribution < 1.29 is 4.42 Å². The van der Waals surface area contributed by atoms with Gasteiger partial charge in [0.15, 0.2) is 5.58 Å². The third kappa shape index (κ3) is 2.61. The molecule has 0 radical (unpaired) electrons. The molecule has 0 atom stereocenters. The molecule has 0 saturated carbocycles. The van der Waals surface area contributed by atoms with E-state index in [-0.39, 0.29) is 0 Å². The summed E-state index contributed by atoms with van der Waals surface area (Å²) >= 11 is 1.84. The highest BCUT2D eigenvalue weighted by Crippen LogP contribution is 2.52. The summed E-state index contributed by atoms with van der Waals surface area (Å²) in [5, 5.41) is 10.1. The third-order valence-electron chi connectivity index (χ3n) is 9.52. The standard InChI is InChI=1S/C40H21NOS/c1-2-11-23-22(10-1)24-15-9-16-26-31(21-20-25(23)34(24)26)41-30-17-6-3-12-27(30)35-36-29-14-5-8-19-33(29)43-40(36)39-37(38(35)41)28-13-4-7-18-32(28)42-39/h1-21H. The van der Waals surface area contributed by atoms with E-state index in [1.165, 1.54) is 86.1 Å². The molecule has 0 N–H and O–H groups in total. The van der Waals surface area contributed by atoms with Gasteiger partial charge in [-0.05, 0) is 51.9 Å². The number of fused-ring (bicyclic) bond motifs is 15. The molecule has 1 aliphatic carbocycles. The summed E-state index contributed by atoms with van der Waals surface area (Å²) in [5.41, 5.74) is 10.8. The molecular formula is C40H21NOS. The number of furan rings is 1. The molecule has 0 spiro atoms. The highest BCUT2D eigenvalue weighted by Gasteiger charge is 2.27. The van der Waals surface area contributed by atoms with Crippen LogP contribution in [0.2, 0.25) is 0 Å². The van der Waals surface area contributed by atoms with Gasteiger partial charge in [-0.25, -0.2) is 0 Å². The second kappa shape index (κ2) is 7.71. The van der Waals surface area contributed by atoms with E-state index in [0.29, 0.717) is 0 Å². The Bertz CT molecular complexity index is 2810. The van der Waals surface area contributed by atoms with Gasteiger partial charge in [0.25, 0.3) is 0 Å². The number of aromatic nitrogens is 1. The van der Waals surface area contributed by atoms with Gasteiger partial charge in [0.2, 0.25) is 0 Å². The fraction of sp³-hybridized carbons (Fsp3) is 0. The fourth-order valence-corrected chi connectivity index (χ4v) is 9.06. The number of nitrogens with zero attached hydrogens (tertiary/aromatic N) is 1. The Hall–Kier alpha value is -5.38. The monoisotopic (exact) mass is 563 g/mol. The second-order valence-corrected chi connectivity index (χ2v) is 12.6. The van der Waals surface area contributed by atoms with Crippen molar-refractivity contribution >= 4 is 86.0 Å². The van der Waals surface area contributed by atoms with Crippen LogP contribution in [0, 0.1) is 0 Å². The smallest absolute Gasteiger partial charge is 0.155 e. The van der Waals surface area contributed by atoms with Crippen molar-refractivity contribution in [1.82, 2.24) is 4.57 Å². The first-order valence-corrected chi connectivity index (χ1v) is 15.5. The van der Waals surface area contributed by atoms with Crippen LogP contribution in [0.15, 0.2) is 132 Å². The van der Waals surface area contributed by atoms with Crippen molar-refractivity contribution in [3.63, 3.8) is 0 Å². The molecule has 1 aliphatic rings. The van der Waals surface area contributed by atoms with Crippen LogP contribution in [0.5, 0.6) is 0 Å². The van der Waals surface area contributed by atoms with Crippen molar-refractivity contribution in [2.45, 2.75) is 0 Å². The minimum absolute atomic E-state index is 0.927. The Kier molecular flexibility index (Phi) is 3.99. The molecule has 0 aliphatic heterocycles. The molecule has 198 valence electrons. The first-order valence-electron chi connectivity index (χ1n) is 14.7. The minimum Gasteiger partial charge on any atom is -0.454 e. The van der Waals surface area contributed by atoms with E-state index in [2.05, 4.69) is 132 Å². The Labute approximate surface area is 249 Å². The number of benzene rings is 7. The maximum atomic E-state index is 6.77. The van der Waals surface area contributed by atoms with Crippen LogP contribution >= 0.6 is 11.3 Å². The number of hydrogen-bond donors (Lipinski definition) is 0. The van der Waals surface area contributed by atoms with Gasteiger partial charge in [-0.15, -0.1) is 11.3 Å². The molecular weight excluding hydrogens is 543 g/mol. The molecule has 0 bridgehead atoms. The summed E-state index contributed by atoms with van der Waals surface area (Å²) in [5.74, 6) is 0. The number of hydrogen-bond acceptors (Lipinski definition) is 2. The largest absolute Gasteiger partial charge is 0.454 e. The van der Waals surface area contributed by atoms with Gasteiger partial charge in [-0.2, -0.15) is 0 Å². The van der Waals surface area contributed by atoms with Crippen molar-refractivity contribution in [2.24, 2.45) is 0 Å². The molecule has 2 nitrogen and oxygen atoms in total. The zero-order chi connectivity index (χ0) is 27.8. The van der Waals surface area contributed by atoms with Gasteiger partial charge in [0.05, 0.1) is 26.8 Å². The topological polar surface area (TPSA) is 18.1 Å². The predicted octanol–water partition coefficient (Wildman–Crippen LogP) is 11.9. The van der Waals surface area contributed by atoms with Gasteiger partial charge in [0, 0.05) is 37.0 Å². The van der Waals surface area contributed by atoms with Gasteiger partial charge in [-0.1, -0.05) is 103 Å². The summed E-state index contributed by atoms with van der Waals surface area (Å²) in [6, 6.07) is 46.5. The van der Waals surface area contributed by atoms with Gasteiger partial charge >= 0.3 is 0 Å². The summed E-state index contributed by atoms with van der Waals surface area (Å²) in [6.45, 7) is 0. The second-order valence-electron chi connectivity index (χ2n) is 11.6. The Morgan fingerprint density at radius 2 is 1.14 bits per heavy atom. The molecule has 43 heavy (non-hydrogen) atoms. The molecule has 0 fully saturated rings. The van der Waals surface area contributed by atoms with E-state index in [1.54, 1.807) is 0 Å². The Morgan fingerprint density at radius 1 is 0.465 bits per heavy atom. The van der Waals surface area contributed by atoms with Crippen molar-refractivity contribution in [3.8, 4) is 27.9 Å². The molecule has 11 rings (SSSR count). The fourth-order valence-electron chi connectivity index (χ4n) is 7.86. The zero-order valence-corrected chi connectivity index (χ0v) is 23.7. The molecule has 0 amide bonds. The molecule has 3 heteroatoms. The molecule has 7 aromatic carbocycles. The van der Waals surface area contributed by atoms with Crippen molar-refractivity contribution in [2.75, 3.05) is 0 Å². The normalized spacial score (nSPS) is 12.7. The van der Waals surface area contributed by atoms with E-state index < -0.39 is 0 Å². The third-order valence-corrected chi connectivity index (χ3v) is 10.7. The number of thiophene rings is 1. The lowest BCUT2D eigenvalue weighted by atomic mass is 10.0. The van der Waals surface area contributed by atoms with E-state index >= 15 is 0 Å². The maximum Gasteiger partial charge on any atom is 0.155 e. The Morgan fingerprint density at radius 3 is 2.02 bits per heavy atom. The minimum atomic E-state index is 0.927. The molecule has 3 heterocycles. The van der Waals surface area contributed by atoms with Crippen LogP contribution in [0.3, 0.4) is 0 Å². The molecule has 0 unspecified atom stereocenters. The predicted molar refractivity (Wildman–Crippen MR) is 183 cm³/mol. The number of para-hydroxylation sites is 2. The molecule has 3 aromatic heterocycles. The van der Waals surface area contributed by atoms with Crippen LogP contribution in [-0.4, -0.2) is 4.57 Å². The van der Waals surface area contributed by atoms with E-state index in [1.807, 2.05) is 11.3 Å². The van der Waals surface area contributed by atoms with Crippen LogP contribution in [0.1, 0.15) is 0 Å². The van der Waals surface area contributed by atoms with Crippen molar-refractivity contribution in [3.05, 3.63) is 127 Å². The van der Waals surface area contributed by atoms with Crippen LogP contribution in [0.4, 0.5) is 0 Å². The summed E-state index contributed by atoms with van der Waals surface area (Å²) < 4.78 is 11.8. The van der Waals surface area contributed by atoms with Gasteiger partial charge in [0.1, 0.15) is 5.58 Å². The van der Waals surface area contributed by atoms with E-state index in [9.17, 15) is 0 Å². The lowest BCUT2D eigenvalue weighted by molar-refractivity contribution is 0.673. The van der Waals surface area contributed by atoms with E-state index in [0.717, 1.165) is 16.6 Å². The highest BCUT2D eigenvalue weighted by atomic mass is 32.1.